The van der Waals surface area contributed by atoms with Crippen LogP contribution in [0.1, 0.15) is 55.6 Å². The van der Waals surface area contributed by atoms with E-state index in [1.54, 1.807) is 0 Å². The molecule has 0 bridgehead atoms. The molecule has 0 saturated heterocycles. The fourth-order valence-corrected chi connectivity index (χ4v) is 4.03. The molecule has 0 unspecified atom stereocenters. The molecule has 5 nitrogen and oxygen atoms in total. The molecule has 1 aliphatic carbocycles. The molecule has 158 valence electrons. The summed E-state index contributed by atoms with van der Waals surface area (Å²) in [5.74, 6) is -1.08. The number of benzene rings is 2. The number of allylic oxidation sites excluding steroid dienone is 1. The van der Waals surface area contributed by atoms with Crippen LogP contribution in [0.15, 0.2) is 61.2 Å². The summed E-state index contributed by atoms with van der Waals surface area (Å²) in [4.78, 5) is 23.8. The van der Waals surface area contributed by atoms with E-state index in [4.69, 9.17) is 4.74 Å². The van der Waals surface area contributed by atoms with E-state index in [1.807, 2.05) is 42.5 Å². The average Bonchev–Trinajstić information content (AvgIpc) is 3.07. The van der Waals surface area contributed by atoms with Gasteiger partial charge < -0.3 is 15.2 Å². The number of carboxylic acid groups (broad SMARTS) is 1. The molecule has 0 fully saturated rings. The number of nitrogens with one attached hydrogen (secondary N) is 1. The summed E-state index contributed by atoms with van der Waals surface area (Å²) in [5, 5.41) is 11.9. The molecule has 30 heavy (non-hydrogen) atoms. The zero-order valence-corrected chi connectivity index (χ0v) is 17.2. The Hall–Kier alpha value is -3.08. The molecule has 2 N–H and O–H groups in total. The lowest BCUT2D eigenvalue weighted by Gasteiger charge is -2.17. The number of ether oxygens (including phenoxy) is 1. The van der Waals surface area contributed by atoms with Crippen molar-refractivity contribution in [3.8, 4) is 11.1 Å². The van der Waals surface area contributed by atoms with Gasteiger partial charge in [0.25, 0.3) is 0 Å². The van der Waals surface area contributed by atoms with Gasteiger partial charge in [0, 0.05) is 5.92 Å². The lowest BCUT2D eigenvalue weighted by atomic mass is 9.98. The molecule has 1 aliphatic rings. The Bertz CT molecular complexity index is 847. The van der Waals surface area contributed by atoms with Gasteiger partial charge in [-0.3, -0.25) is 0 Å². The molecule has 0 spiro atoms. The Labute approximate surface area is 177 Å². The van der Waals surface area contributed by atoms with Crippen LogP contribution < -0.4 is 5.32 Å². The van der Waals surface area contributed by atoms with Crippen molar-refractivity contribution in [1.29, 1.82) is 0 Å². The minimum absolute atomic E-state index is 0.0451. The van der Waals surface area contributed by atoms with Crippen LogP contribution in [0.25, 0.3) is 11.1 Å². The number of carbonyl (C=O) groups is 2. The Morgan fingerprint density at radius 1 is 1.00 bits per heavy atom. The van der Waals surface area contributed by atoms with E-state index < -0.39 is 18.1 Å². The van der Waals surface area contributed by atoms with Gasteiger partial charge in [0.1, 0.15) is 12.6 Å². The highest BCUT2D eigenvalue weighted by atomic mass is 16.5. The van der Waals surface area contributed by atoms with Crippen LogP contribution in [0, 0.1) is 0 Å². The summed E-state index contributed by atoms with van der Waals surface area (Å²) in [6.07, 6.45) is 6.34. The molecule has 3 rings (SSSR count). The van der Waals surface area contributed by atoms with Gasteiger partial charge in [-0.15, -0.1) is 6.58 Å². The largest absolute Gasteiger partial charge is 0.480 e. The Morgan fingerprint density at radius 2 is 1.60 bits per heavy atom. The highest BCUT2D eigenvalue weighted by molar-refractivity contribution is 5.81. The van der Waals surface area contributed by atoms with Crippen molar-refractivity contribution in [1.82, 2.24) is 5.32 Å². The minimum atomic E-state index is -1.03. The van der Waals surface area contributed by atoms with Crippen molar-refractivity contribution in [2.45, 2.75) is 50.5 Å². The molecule has 0 saturated carbocycles. The maximum absolute atomic E-state index is 12.3. The van der Waals surface area contributed by atoms with E-state index in [2.05, 4.69) is 24.0 Å². The van der Waals surface area contributed by atoms with Gasteiger partial charge in [0.05, 0.1) is 0 Å². The van der Waals surface area contributed by atoms with Crippen LogP contribution >= 0.6 is 0 Å². The van der Waals surface area contributed by atoms with Crippen LogP contribution in [-0.2, 0) is 9.53 Å². The Balaban J connectivity index is 1.53. The summed E-state index contributed by atoms with van der Waals surface area (Å²) in [5.41, 5.74) is 4.56. The number of rotatable bonds is 11. The van der Waals surface area contributed by atoms with Gasteiger partial charge in [0.15, 0.2) is 0 Å². The third-order valence-electron chi connectivity index (χ3n) is 5.58. The average molecular weight is 408 g/mol. The van der Waals surface area contributed by atoms with Crippen molar-refractivity contribution in [2.24, 2.45) is 0 Å². The number of carbonyl (C=O) groups excluding carboxylic acids is 1. The second-order valence-corrected chi connectivity index (χ2v) is 7.64. The molecule has 1 atom stereocenters. The standard InChI is InChI=1S/C25H29NO4/c1-2-3-4-5-6-7-16-23(24(27)28)26-25(29)30-17-22-20-14-10-8-12-18(20)19-13-9-11-15-21(19)22/h2,8-15,22-23H,1,3-7,16-17H2,(H,26,29)(H,27,28)/t23-/m1/s1. The lowest BCUT2D eigenvalue weighted by molar-refractivity contribution is -0.139. The van der Waals surface area contributed by atoms with E-state index in [1.165, 1.54) is 0 Å². The van der Waals surface area contributed by atoms with Crippen LogP contribution in [0.3, 0.4) is 0 Å². The molecule has 0 heterocycles. The molecule has 1 amide bonds. The number of amides is 1. The van der Waals surface area contributed by atoms with Crippen LogP contribution in [-0.4, -0.2) is 29.8 Å². The predicted octanol–water partition coefficient (Wildman–Crippen LogP) is 5.50. The maximum Gasteiger partial charge on any atom is 0.407 e. The first-order valence-electron chi connectivity index (χ1n) is 10.6. The van der Waals surface area contributed by atoms with Gasteiger partial charge in [-0.25, -0.2) is 9.59 Å². The molecule has 0 radical (unpaired) electrons. The quantitative estimate of drug-likeness (QED) is 0.381. The second-order valence-electron chi connectivity index (χ2n) is 7.64. The summed E-state index contributed by atoms with van der Waals surface area (Å²) in [6, 6.07) is 15.3. The van der Waals surface area contributed by atoms with Crippen LogP contribution in [0.2, 0.25) is 0 Å². The van der Waals surface area contributed by atoms with E-state index in [-0.39, 0.29) is 12.5 Å². The minimum Gasteiger partial charge on any atom is -0.480 e. The number of carboxylic acids is 1. The first-order valence-corrected chi connectivity index (χ1v) is 10.6. The molecule has 0 aliphatic heterocycles. The predicted molar refractivity (Wildman–Crippen MR) is 118 cm³/mol. The van der Waals surface area contributed by atoms with Crippen molar-refractivity contribution >= 4 is 12.1 Å². The Kier molecular flexibility index (Phi) is 7.66. The summed E-state index contributed by atoms with van der Waals surface area (Å²) in [7, 11) is 0. The number of fused-ring (bicyclic) bond motifs is 3. The molecule has 2 aromatic carbocycles. The van der Waals surface area contributed by atoms with E-state index in [0.717, 1.165) is 54.4 Å². The molecule has 2 aromatic rings. The van der Waals surface area contributed by atoms with Crippen LogP contribution in [0.5, 0.6) is 0 Å². The molecule has 0 aromatic heterocycles. The normalized spacial score (nSPS) is 13.2. The fraction of sp³-hybridized carbons (Fsp3) is 0.360. The first kappa shape index (κ1) is 21.6. The topological polar surface area (TPSA) is 75.6 Å². The Morgan fingerprint density at radius 3 is 2.20 bits per heavy atom. The maximum atomic E-state index is 12.3. The van der Waals surface area contributed by atoms with Crippen molar-refractivity contribution < 1.29 is 19.4 Å². The second kappa shape index (κ2) is 10.6. The number of unbranched alkanes of at least 4 members (excludes halogenated alkanes) is 4. The number of hydrogen-bond donors (Lipinski definition) is 2. The molecular weight excluding hydrogens is 378 g/mol. The number of aliphatic carboxylic acids is 1. The van der Waals surface area contributed by atoms with Crippen molar-refractivity contribution in [2.75, 3.05) is 6.61 Å². The van der Waals surface area contributed by atoms with Gasteiger partial charge in [-0.2, -0.15) is 0 Å². The molecule has 5 heteroatoms. The summed E-state index contributed by atoms with van der Waals surface area (Å²) < 4.78 is 5.46. The van der Waals surface area contributed by atoms with E-state index in [0.29, 0.717) is 6.42 Å². The summed E-state index contributed by atoms with van der Waals surface area (Å²) >= 11 is 0. The van der Waals surface area contributed by atoms with E-state index >= 15 is 0 Å². The molecular formula is C25H29NO4. The first-order chi connectivity index (χ1) is 14.6. The third-order valence-corrected chi connectivity index (χ3v) is 5.58. The van der Waals surface area contributed by atoms with Crippen molar-refractivity contribution in [3.05, 3.63) is 72.3 Å². The van der Waals surface area contributed by atoms with E-state index in [9.17, 15) is 14.7 Å². The van der Waals surface area contributed by atoms with Gasteiger partial charge in [-0.1, -0.05) is 73.9 Å². The third kappa shape index (κ3) is 5.29. The zero-order chi connectivity index (χ0) is 21.3. The van der Waals surface area contributed by atoms with Crippen LogP contribution in [0.4, 0.5) is 4.79 Å². The number of hydrogen-bond acceptors (Lipinski definition) is 3. The highest BCUT2D eigenvalue weighted by Gasteiger charge is 2.29. The SMILES string of the molecule is C=CCCCCCC[C@@H](NC(=O)OCC1c2ccccc2-c2ccccc21)C(=O)O. The van der Waals surface area contributed by atoms with Gasteiger partial charge in [-0.05, 0) is 41.5 Å². The number of alkyl carbamates (subject to hydrolysis) is 1. The smallest absolute Gasteiger partial charge is 0.407 e. The monoisotopic (exact) mass is 407 g/mol. The lowest BCUT2D eigenvalue weighted by Crippen LogP contribution is -2.41. The van der Waals surface area contributed by atoms with Gasteiger partial charge >= 0.3 is 12.1 Å². The van der Waals surface area contributed by atoms with Crippen molar-refractivity contribution in [3.63, 3.8) is 0 Å². The zero-order valence-electron chi connectivity index (χ0n) is 17.2. The fourth-order valence-electron chi connectivity index (χ4n) is 4.03. The highest BCUT2D eigenvalue weighted by Crippen LogP contribution is 2.44. The van der Waals surface area contributed by atoms with Gasteiger partial charge in [0.2, 0.25) is 0 Å². The summed E-state index contributed by atoms with van der Waals surface area (Å²) in [6.45, 7) is 3.87.